The molecule has 0 aliphatic carbocycles. The first-order valence-electron chi connectivity index (χ1n) is 11.2. The predicted octanol–water partition coefficient (Wildman–Crippen LogP) is 1.67. The summed E-state index contributed by atoms with van der Waals surface area (Å²) in [6.07, 6.45) is 2.96. The van der Waals surface area contributed by atoms with Crippen molar-refractivity contribution in [2.45, 2.75) is 43.2 Å². The van der Waals surface area contributed by atoms with E-state index in [-0.39, 0.29) is 41.9 Å². The molecule has 1 aromatic carbocycles. The van der Waals surface area contributed by atoms with E-state index in [0.29, 0.717) is 25.2 Å². The Bertz CT molecular complexity index is 935. The lowest BCUT2D eigenvalue weighted by molar-refractivity contribution is -0.129. The van der Waals surface area contributed by atoms with Crippen molar-refractivity contribution in [3.8, 4) is 0 Å². The van der Waals surface area contributed by atoms with Crippen LogP contribution in [0.4, 0.5) is 0 Å². The smallest absolute Gasteiger partial charge is 0.254 e. The summed E-state index contributed by atoms with van der Waals surface area (Å²) < 4.78 is 33.6. The van der Waals surface area contributed by atoms with Gasteiger partial charge in [0.1, 0.15) is 0 Å². The van der Waals surface area contributed by atoms with E-state index in [4.69, 9.17) is 4.74 Å². The van der Waals surface area contributed by atoms with E-state index in [0.717, 1.165) is 37.4 Å². The van der Waals surface area contributed by atoms with Crippen molar-refractivity contribution in [3.05, 3.63) is 29.8 Å². The van der Waals surface area contributed by atoms with E-state index >= 15 is 0 Å². The SMILES string of the molecule is CC(=O)N1CCN(S(=O)(=O)c2cccc(C(=O)N(CC3CCCO3)C3CCSC3)c2)CC1. The van der Waals surface area contributed by atoms with Gasteiger partial charge in [-0.15, -0.1) is 0 Å². The number of sulfonamides is 1. The number of nitrogens with zero attached hydrogens (tertiary/aromatic N) is 3. The molecular formula is C22H31N3O5S2. The number of carbonyl (C=O) groups is 2. The number of benzene rings is 1. The van der Waals surface area contributed by atoms with Crippen molar-refractivity contribution in [3.63, 3.8) is 0 Å². The van der Waals surface area contributed by atoms with Crippen LogP contribution in [0.2, 0.25) is 0 Å². The van der Waals surface area contributed by atoms with Crippen molar-refractivity contribution < 1.29 is 22.7 Å². The van der Waals surface area contributed by atoms with Gasteiger partial charge in [0.25, 0.3) is 5.91 Å². The molecule has 3 saturated heterocycles. The van der Waals surface area contributed by atoms with Crippen LogP contribution in [0.3, 0.4) is 0 Å². The maximum absolute atomic E-state index is 13.5. The summed E-state index contributed by atoms with van der Waals surface area (Å²) >= 11 is 1.84. The van der Waals surface area contributed by atoms with Crippen LogP contribution in [-0.4, -0.2) is 97.3 Å². The highest BCUT2D eigenvalue weighted by Crippen LogP contribution is 2.27. The zero-order valence-electron chi connectivity index (χ0n) is 18.4. The number of thioether (sulfide) groups is 1. The summed E-state index contributed by atoms with van der Waals surface area (Å²) in [7, 11) is -3.74. The van der Waals surface area contributed by atoms with Gasteiger partial charge in [0.15, 0.2) is 0 Å². The molecule has 0 radical (unpaired) electrons. The highest BCUT2D eigenvalue weighted by Gasteiger charge is 2.33. The molecule has 0 N–H and O–H groups in total. The van der Waals surface area contributed by atoms with Gasteiger partial charge in [0, 0.05) is 63.6 Å². The first kappa shape index (κ1) is 23.5. The van der Waals surface area contributed by atoms with Crippen LogP contribution in [0.15, 0.2) is 29.2 Å². The summed E-state index contributed by atoms with van der Waals surface area (Å²) in [5, 5.41) is 0. The Morgan fingerprint density at radius 3 is 2.59 bits per heavy atom. The van der Waals surface area contributed by atoms with Gasteiger partial charge < -0.3 is 14.5 Å². The topological polar surface area (TPSA) is 87.2 Å². The average molecular weight is 482 g/mol. The van der Waals surface area contributed by atoms with Crippen molar-refractivity contribution >= 4 is 33.6 Å². The van der Waals surface area contributed by atoms with Crippen molar-refractivity contribution in [2.24, 2.45) is 0 Å². The van der Waals surface area contributed by atoms with Gasteiger partial charge in [-0.05, 0) is 43.2 Å². The zero-order chi connectivity index (χ0) is 22.7. The molecule has 32 heavy (non-hydrogen) atoms. The van der Waals surface area contributed by atoms with Crippen LogP contribution in [0, 0.1) is 0 Å². The predicted molar refractivity (Wildman–Crippen MR) is 123 cm³/mol. The number of hydrogen-bond donors (Lipinski definition) is 0. The molecule has 2 atom stereocenters. The summed E-state index contributed by atoms with van der Waals surface area (Å²) in [5.41, 5.74) is 0.392. The van der Waals surface area contributed by atoms with Gasteiger partial charge in [-0.3, -0.25) is 9.59 Å². The van der Waals surface area contributed by atoms with E-state index in [1.165, 1.54) is 17.3 Å². The molecule has 3 aliphatic rings. The lowest BCUT2D eigenvalue weighted by Gasteiger charge is -2.33. The standard InChI is InChI=1S/C22H31N3O5S2/c1-17(26)23-8-10-24(11-9-23)32(28,29)21-6-2-4-18(14-21)22(27)25(19-7-13-31-16-19)15-20-5-3-12-30-20/h2,4,6,14,19-20H,3,5,7-13,15-16H2,1H3. The average Bonchev–Trinajstić information content (AvgIpc) is 3.51. The van der Waals surface area contributed by atoms with Gasteiger partial charge in [-0.25, -0.2) is 8.42 Å². The largest absolute Gasteiger partial charge is 0.376 e. The second-order valence-corrected chi connectivity index (χ2v) is 11.6. The second kappa shape index (κ2) is 10.1. The third-order valence-electron chi connectivity index (χ3n) is 6.43. The third kappa shape index (κ3) is 5.13. The van der Waals surface area contributed by atoms with Crippen LogP contribution in [0.25, 0.3) is 0 Å². The maximum Gasteiger partial charge on any atom is 0.254 e. The van der Waals surface area contributed by atoms with Crippen molar-refractivity contribution in [2.75, 3.05) is 50.8 Å². The molecule has 0 aromatic heterocycles. The number of piperazine rings is 1. The Kier molecular flexibility index (Phi) is 7.44. The highest BCUT2D eigenvalue weighted by atomic mass is 32.2. The van der Waals surface area contributed by atoms with Crippen LogP contribution in [0.1, 0.15) is 36.5 Å². The lowest BCUT2D eigenvalue weighted by atomic mass is 10.1. The molecular weight excluding hydrogens is 450 g/mol. The minimum atomic E-state index is -3.74. The fourth-order valence-electron chi connectivity index (χ4n) is 4.52. The van der Waals surface area contributed by atoms with E-state index in [2.05, 4.69) is 0 Å². The van der Waals surface area contributed by atoms with Gasteiger partial charge in [-0.1, -0.05) is 6.07 Å². The summed E-state index contributed by atoms with van der Waals surface area (Å²) in [5.74, 6) is 1.75. The van der Waals surface area contributed by atoms with E-state index in [9.17, 15) is 18.0 Å². The van der Waals surface area contributed by atoms with Gasteiger partial charge in [0.2, 0.25) is 15.9 Å². The fraction of sp³-hybridized carbons (Fsp3) is 0.636. The van der Waals surface area contributed by atoms with Crippen LogP contribution < -0.4 is 0 Å². The second-order valence-electron chi connectivity index (χ2n) is 8.55. The van der Waals surface area contributed by atoms with E-state index in [1.807, 2.05) is 16.7 Å². The molecule has 3 heterocycles. The Morgan fingerprint density at radius 2 is 1.97 bits per heavy atom. The van der Waals surface area contributed by atoms with Crippen LogP contribution in [-0.2, 0) is 19.6 Å². The molecule has 8 nitrogen and oxygen atoms in total. The fourth-order valence-corrected chi connectivity index (χ4v) is 7.21. The number of ether oxygens (including phenoxy) is 1. The Morgan fingerprint density at radius 1 is 1.19 bits per heavy atom. The Balaban J connectivity index is 1.52. The minimum Gasteiger partial charge on any atom is -0.376 e. The molecule has 176 valence electrons. The summed E-state index contributed by atoms with van der Waals surface area (Å²) in [4.78, 5) is 28.7. The van der Waals surface area contributed by atoms with Crippen LogP contribution in [0.5, 0.6) is 0 Å². The van der Waals surface area contributed by atoms with Crippen LogP contribution >= 0.6 is 11.8 Å². The molecule has 0 saturated carbocycles. The quantitative estimate of drug-likeness (QED) is 0.614. The van der Waals surface area contributed by atoms with E-state index in [1.54, 1.807) is 23.1 Å². The first-order chi connectivity index (χ1) is 15.4. The van der Waals surface area contributed by atoms with Gasteiger partial charge in [0.05, 0.1) is 11.0 Å². The molecule has 0 spiro atoms. The van der Waals surface area contributed by atoms with Gasteiger partial charge >= 0.3 is 0 Å². The summed E-state index contributed by atoms with van der Waals surface area (Å²) in [6.45, 7) is 4.04. The molecule has 10 heteroatoms. The van der Waals surface area contributed by atoms with Gasteiger partial charge in [-0.2, -0.15) is 16.1 Å². The third-order valence-corrected chi connectivity index (χ3v) is 9.47. The zero-order valence-corrected chi connectivity index (χ0v) is 20.1. The number of amides is 2. The van der Waals surface area contributed by atoms with Crippen molar-refractivity contribution in [1.29, 1.82) is 0 Å². The maximum atomic E-state index is 13.5. The molecule has 0 bridgehead atoms. The first-order valence-corrected chi connectivity index (χ1v) is 13.8. The molecule has 3 fully saturated rings. The normalized spacial score (nSPS) is 24.6. The van der Waals surface area contributed by atoms with E-state index < -0.39 is 10.0 Å². The Hall–Kier alpha value is -1.62. The number of hydrogen-bond acceptors (Lipinski definition) is 6. The molecule has 1 aromatic rings. The Labute approximate surface area is 194 Å². The number of rotatable bonds is 6. The molecule has 2 unspecified atom stereocenters. The number of carbonyl (C=O) groups excluding carboxylic acids is 2. The highest BCUT2D eigenvalue weighted by molar-refractivity contribution is 7.99. The minimum absolute atomic E-state index is 0.0500. The summed E-state index contributed by atoms with van der Waals surface area (Å²) in [6, 6.07) is 6.52. The van der Waals surface area contributed by atoms with Crippen molar-refractivity contribution in [1.82, 2.24) is 14.1 Å². The molecule has 3 aliphatic heterocycles. The lowest BCUT2D eigenvalue weighted by Crippen LogP contribution is -2.50. The monoisotopic (exact) mass is 481 g/mol. The molecule has 2 amide bonds. The molecule has 4 rings (SSSR count).